The summed E-state index contributed by atoms with van der Waals surface area (Å²) in [5, 5.41) is 17.4. The minimum Gasteiger partial charge on any atom is -0.420 e. The topological polar surface area (TPSA) is 135 Å². The summed E-state index contributed by atoms with van der Waals surface area (Å²) in [5.41, 5.74) is -0.384. The zero-order valence-electron chi connectivity index (χ0n) is 14.3. The average molecular weight is 405 g/mol. The zero-order chi connectivity index (χ0) is 19.4. The van der Waals surface area contributed by atoms with Crippen LogP contribution in [0.3, 0.4) is 0 Å². The molecule has 1 saturated carbocycles. The van der Waals surface area contributed by atoms with Crippen molar-refractivity contribution < 1.29 is 12.8 Å². The summed E-state index contributed by atoms with van der Waals surface area (Å²) >= 11 is 6.31. The van der Waals surface area contributed by atoms with Crippen LogP contribution >= 0.6 is 11.6 Å². The normalized spacial score (nSPS) is 15.6. The third kappa shape index (κ3) is 3.14. The van der Waals surface area contributed by atoms with Crippen molar-refractivity contribution in [3.8, 4) is 17.7 Å². The van der Waals surface area contributed by atoms with E-state index in [0.29, 0.717) is 41.2 Å². The fraction of sp³-hybridized carbons (Fsp3) is 0.312. The Hall–Kier alpha value is -2.61. The van der Waals surface area contributed by atoms with Crippen LogP contribution in [0.2, 0.25) is 5.02 Å². The number of benzene rings is 1. The van der Waals surface area contributed by atoms with Gasteiger partial charge in [0.05, 0.1) is 21.5 Å². The molecule has 0 unspecified atom stereocenters. The standard InChI is InChI=1S/C16H13ClN6O3S/c1-8-19-13-11(14(20-8)15-22-21-9(2)26-15)5-10(6-12(13)17)27(24,25)23-16(7-18)3-4-16/h5-6,23H,3-4H2,1-2H3. The van der Waals surface area contributed by atoms with Gasteiger partial charge < -0.3 is 4.42 Å². The lowest BCUT2D eigenvalue weighted by molar-refractivity contribution is 0.531. The molecule has 3 aromatic rings. The van der Waals surface area contributed by atoms with E-state index >= 15 is 0 Å². The second kappa shape index (κ2) is 5.95. The maximum Gasteiger partial charge on any atom is 0.267 e. The van der Waals surface area contributed by atoms with Crippen LogP contribution in [0.15, 0.2) is 21.4 Å². The van der Waals surface area contributed by atoms with Gasteiger partial charge in [-0.15, -0.1) is 10.2 Å². The predicted molar refractivity (Wildman–Crippen MR) is 95.2 cm³/mol. The number of nitrogens with zero attached hydrogens (tertiary/aromatic N) is 5. The third-order valence-electron chi connectivity index (χ3n) is 4.17. The van der Waals surface area contributed by atoms with Gasteiger partial charge in [-0.25, -0.2) is 18.4 Å². The molecule has 11 heteroatoms. The molecule has 1 aliphatic carbocycles. The summed E-state index contributed by atoms with van der Waals surface area (Å²) in [7, 11) is -3.96. The van der Waals surface area contributed by atoms with Crippen LogP contribution in [0.5, 0.6) is 0 Å². The minimum atomic E-state index is -3.96. The Bertz CT molecular complexity index is 1230. The highest BCUT2D eigenvalue weighted by Crippen LogP contribution is 2.37. The molecule has 0 aliphatic heterocycles. The van der Waals surface area contributed by atoms with Crippen molar-refractivity contribution in [2.24, 2.45) is 0 Å². The second-order valence-electron chi connectivity index (χ2n) is 6.35. The number of fused-ring (bicyclic) bond motifs is 1. The number of rotatable bonds is 4. The molecule has 0 radical (unpaired) electrons. The van der Waals surface area contributed by atoms with E-state index in [9.17, 15) is 8.42 Å². The molecule has 138 valence electrons. The highest BCUT2D eigenvalue weighted by atomic mass is 35.5. The molecule has 4 rings (SSSR count). The molecule has 0 spiro atoms. The number of sulfonamides is 1. The van der Waals surface area contributed by atoms with Gasteiger partial charge in [-0.05, 0) is 31.9 Å². The number of aryl methyl sites for hydroxylation is 2. The summed E-state index contributed by atoms with van der Waals surface area (Å²) < 4.78 is 33.4. The van der Waals surface area contributed by atoms with Crippen molar-refractivity contribution in [1.29, 1.82) is 5.26 Å². The Morgan fingerprint density at radius 2 is 2.00 bits per heavy atom. The van der Waals surface area contributed by atoms with Gasteiger partial charge in [-0.1, -0.05) is 11.6 Å². The molecule has 1 fully saturated rings. The van der Waals surface area contributed by atoms with E-state index in [1.807, 2.05) is 6.07 Å². The van der Waals surface area contributed by atoms with E-state index in [1.165, 1.54) is 12.1 Å². The van der Waals surface area contributed by atoms with E-state index in [4.69, 9.17) is 21.3 Å². The van der Waals surface area contributed by atoms with Gasteiger partial charge in [-0.3, -0.25) is 0 Å². The second-order valence-corrected chi connectivity index (χ2v) is 8.44. The molecule has 2 heterocycles. The number of hydrogen-bond acceptors (Lipinski definition) is 8. The lowest BCUT2D eigenvalue weighted by Gasteiger charge is -2.12. The molecular formula is C16H13ClN6O3S. The SMILES string of the molecule is Cc1nc(-c2nnc(C)o2)c2cc(S(=O)(=O)NC3(C#N)CC3)cc(Cl)c2n1. The number of nitriles is 1. The molecule has 0 saturated heterocycles. The van der Waals surface area contributed by atoms with Crippen molar-refractivity contribution >= 4 is 32.5 Å². The fourth-order valence-electron chi connectivity index (χ4n) is 2.67. The molecule has 0 atom stereocenters. The van der Waals surface area contributed by atoms with E-state index in [0.717, 1.165) is 0 Å². The van der Waals surface area contributed by atoms with Crippen molar-refractivity contribution in [2.75, 3.05) is 0 Å². The van der Waals surface area contributed by atoms with Crippen LogP contribution in [0.1, 0.15) is 24.6 Å². The van der Waals surface area contributed by atoms with Crippen molar-refractivity contribution in [1.82, 2.24) is 24.9 Å². The molecule has 1 aliphatic rings. The smallest absolute Gasteiger partial charge is 0.267 e. The van der Waals surface area contributed by atoms with Crippen LogP contribution in [-0.4, -0.2) is 34.1 Å². The first-order valence-electron chi connectivity index (χ1n) is 7.97. The van der Waals surface area contributed by atoms with E-state index in [1.54, 1.807) is 13.8 Å². The first kappa shape index (κ1) is 17.8. The number of aromatic nitrogens is 4. The lowest BCUT2D eigenvalue weighted by Crippen LogP contribution is -2.35. The van der Waals surface area contributed by atoms with Crippen molar-refractivity contribution in [2.45, 2.75) is 37.1 Å². The highest BCUT2D eigenvalue weighted by molar-refractivity contribution is 7.89. The first-order valence-corrected chi connectivity index (χ1v) is 9.83. The van der Waals surface area contributed by atoms with Gasteiger partial charge in [0.15, 0.2) is 0 Å². The van der Waals surface area contributed by atoms with Gasteiger partial charge >= 0.3 is 0 Å². The van der Waals surface area contributed by atoms with Gasteiger partial charge in [-0.2, -0.15) is 9.98 Å². The van der Waals surface area contributed by atoms with Crippen molar-refractivity contribution in [3.63, 3.8) is 0 Å². The van der Waals surface area contributed by atoms with Crippen LogP contribution in [0.25, 0.3) is 22.5 Å². The predicted octanol–water partition coefficient (Wildman–Crippen LogP) is 2.28. The van der Waals surface area contributed by atoms with Crippen LogP contribution < -0.4 is 4.72 Å². The summed E-state index contributed by atoms with van der Waals surface area (Å²) in [6.45, 7) is 3.31. The Labute approximate surface area is 159 Å². The van der Waals surface area contributed by atoms with Gasteiger partial charge in [0.2, 0.25) is 15.9 Å². The van der Waals surface area contributed by atoms with Gasteiger partial charge in [0.1, 0.15) is 17.1 Å². The Morgan fingerprint density at radius 3 is 2.59 bits per heavy atom. The van der Waals surface area contributed by atoms with Crippen LogP contribution in [0.4, 0.5) is 0 Å². The average Bonchev–Trinajstić information content (AvgIpc) is 3.24. The molecule has 0 amide bonds. The summed E-state index contributed by atoms with van der Waals surface area (Å²) in [5.74, 6) is 0.901. The molecule has 1 N–H and O–H groups in total. The Balaban J connectivity index is 1.92. The van der Waals surface area contributed by atoms with E-state index < -0.39 is 15.6 Å². The van der Waals surface area contributed by atoms with Gasteiger partial charge in [0, 0.05) is 12.3 Å². The quantitative estimate of drug-likeness (QED) is 0.699. The molecule has 9 nitrogen and oxygen atoms in total. The first-order chi connectivity index (χ1) is 12.7. The largest absolute Gasteiger partial charge is 0.420 e. The molecule has 2 aromatic heterocycles. The maximum atomic E-state index is 12.7. The fourth-order valence-corrected chi connectivity index (χ4v) is 4.42. The molecule has 27 heavy (non-hydrogen) atoms. The zero-order valence-corrected chi connectivity index (χ0v) is 15.9. The monoisotopic (exact) mass is 404 g/mol. The van der Waals surface area contributed by atoms with Crippen LogP contribution in [0, 0.1) is 25.2 Å². The third-order valence-corrected chi connectivity index (χ3v) is 5.98. The highest BCUT2D eigenvalue weighted by Gasteiger charge is 2.46. The summed E-state index contributed by atoms with van der Waals surface area (Å²) in [6.07, 6.45) is 0.942. The summed E-state index contributed by atoms with van der Waals surface area (Å²) in [4.78, 5) is 8.52. The minimum absolute atomic E-state index is 0.0912. The van der Waals surface area contributed by atoms with Crippen molar-refractivity contribution in [3.05, 3.63) is 28.9 Å². The number of hydrogen-bond donors (Lipinski definition) is 1. The number of halogens is 1. The number of nitrogens with one attached hydrogen (secondary N) is 1. The molecular weight excluding hydrogens is 392 g/mol. The maximum absolute atomic E-state index is 12.7. The Kier molecular flexibility index (Phi) is 3.92. The summed E-state index contributed by atoms with van der Waals surface area (Å²) in [6, 6.07) is 4.69. The van der Waals surface area contributed by atoms with E-state index in [-0.39, 0.29) is 15.8 Å². The van der Waals surface area contributed by atoms with Gasteiger partial charge in [0.25, 0.3) is 5.89 Å². The lowest BCUT2D eigenvalue weighted by atomic mass is 10.2. The molecule has 1 aromatic carbocycles. The Morgan fingerprint density at radius 1 is 1.26 bits per heavy atom. The van der Waals surface area contributed by atoms with Crippen LogP contribution in [-0.2, 0) is 10.0 Å². The molecule has 0 bridgehead atoms. The van der Waals surface area contributed by atoms with E-state index in [2.05, 4.69) is 24.9 Å².